The number of ether oxygens (including phenoxy) is 1. The highest BCUT2D eigenvalue weighted by Crippen LogP contribution is 2.29. The van der Waals surface area contributed by atoms with E-state index < -0.39 is 6.36 Å². The Labute approximate surface area is 180 Å². The second-order valence-electron chi connectivity index (χ2n) is 5.36. The Hall–Kier alpha value is -2.34. The standard InChI is InChI=1S/C18H15F3N4OS.HI/c19-18(20,21)26-15-9-5-4-8-13(15)25-17(22)23-10-16-24-14(11-27-16)12-6-2-1-3-7-12;/h1-9,11H,10H2,(H3,22,23,25);1H. The number of hydrogen-bond donors (Lipinski definition) is 2. The molecule has 2 aromatic carbocycles. The van der Waals surface area contributed by atoms with Crippen LogP contribution in [-0.2, 0) is 6.54 Å². The zero-order chi connectivity index (χ0) is 19.3. The fraction of sp³-hybridized carbons (Fsp3) is 0.111. The van der Waals surface area contributed by atoms with Crippen LogP contribution in [0.5, 0.6) is 5.75 Å². The Morgan fingerprint density at radius 2 is 1.79 bits per heavy atom. The number of nitrogens with one attached hydrogen (secondary N) is 1. The molecule has 0 saturated carbocycles. The lowest BCUT2D eigenvalue weighted by molar-refractivity contribution is -0.274. The van der Waals surface area contributed by atoms with Gasteiger partial charge in [-0.1, -0.05) is 42.5 Å². The number of nitrogens with zero attached hydrogens (tertiary/aromatic N) is 2. The van der Waals surface area contributed by atoms with Crippen molar-refractivity contribution in [2.45, 2.75) is 12.9 Å². The molecule has 0 fully saturated rings. The number of aromatic nitrogens is 1. The summed E-state index contributed by atoms with van der Waals surface area (Å²) in [5.74, 6) is -0.423. The fourth-order valence-corrected chi connectivity index (χ4v) is 2.97. The van der Waals surface area contributed by atoms with Crippen LogP contribution in [0, 0.1) is 0 Å². The molecular weight excluding hydrogens is 504 g/mol. The van der Waals surface area contributed by atoms with Gasteiger partial charge < -0.3 is 15.8 Å². The van der Waals surface area contributed by atoms with E-state index in [2.05, 4.69) is 20.0 Å². The monoisotopic (exact) mass is 520 g/mol. The summed E-state index contributed by atoms with van der Waals surface area (Å²) in [6.45, 7) is 0.207. The first-order valence-electron chi connectivity index (χ1n) is 7.82. The van der Waals surface area contributed by atoms with Gasteiger partial charge in [0.15, 0.2) is 11.7 Å². The Balaban J connectivity index is 0.00000280. The topological polar surface area (TPSA) is 72.5 Å². The van der Waals surface area contributed by atoms with Gasteiger partial charge >= 0.3 is 6.36 Å². The Bertz CT molecular complexity index is 932. The van der Waals surface area contributed by atoms with E-state index in [9.17, 15) is 13.2 Å². The molecule has 0 atom stereocenters. The van der Waals surface area contributed by atoms with Crippen molar-refractivity contribution in [2.24, 2.45) is 10.7 Å². The highest BCUT2D eigenvalue weighted by molar-refractivity contribution is 14.0. The number of halogens is 4. The van der Waals surface area contributed by atoms with Gasteiger partial charge in [-0.3, -0.25) is 0 Å². The van der Waals surface area contributed by atoms with Gasteiger partial charge in [-0.2, -0.15) is 0 Å². The molecule has 10 heteroatoms. The first-order valence-corrected chi connectivity index (χ1v) is 8.70. The first kappa shape index (κ1) is 22.0. The number of rotatable bonds is 5. The van der Waals surface area contributed by atoms with E-state index in [4.69, 9.17) is 5.73 Å². The fourth-order valence-electron chi connectivity index (χ4n) is 2.24. The average Bonchev–Trinajstić information content (AvgIpc) is 3.10. The Morgan fingerprint density at radius 3 is 2.50 bits per heavy atom. The van der Waals surface area contributed by atoms with Gasteiger partial charge in [0.2, 0.25) is 0 Å². The summed E-state index contributed by atoms with van der Waals surface area (Å²) in [5.41, 5.74) is 7.68. The molecule has 0 unspecified atom stereocenters. The van der Waals surface area contributed by atoms with Crippen LogP contribution in [0.15, 0.2) is 65.0 Å². The molecule has 1 heterocycles. The Kier molecular flexibility index (Phi) is 7.63. The molecule has 28 heavy (non-hydrogen) atoms. The van der Waals surface area contributed by atoms with E-state index >= 15 is 0 Å². The van der Waals surface area contributed by atoms with E-state index in [1.807, 2.05) is 35.7 Å². The molecule has 3 rings (SSSR count). The quantitative estimate of drug-likeness (QED) is 0.274. The molecule has 0 aliphatic rings. The number of anilines is 1. The zero-order valence-electron chi connectivity index (χ0n) is 14.3. The molecule has 1 aromatic heterocycles. The van der Waals surface area contributed by atoms with Crippen LogP contribution in [0.4, 0.5) is 18.9 Å². The largest absolute Gasteiger partial charge is 0.573 e. The van der Waals surface area contributed by atoms with Crippen molar-refractivity contribution >= 4 is 47.0 Å². The average molecular weight is 520 g/mol. The van der Waals surface area contributed by atoms with Gasteiger partial charge in [0.25, 0.3) is 0 Å². The number of benzene rings is 2. The molecule has 5 nitrogen and oxygen atoms in total. The van der Waals surface area contributed by atoms with Crippen LogP contribution in [0.25, 0.3) is 11.3 Å². The first-order chi connectivity index (χ1) is 12.9. The van der Waals surface area contributed by atoms with Crippen LogP contribution in [0.2, 0.25) is 0 Å². The minimum Gasteiger partial charge on any atom is -0.404 e. The van der Waals surface area contributed by atoms with Crippen molar-refractivity contribution in [2.75, 3.05) is 5.32 Å². The number of thiazole rings is 1. The van der Waals surface area contributed by atoms with Crippen LogP contribution < -0.4 is 15.8 Å². The molecular formula is C18H16F3IN4OS. The molecule has 0 bridgehead atoms. The SMILES string of the molecule is I.NC(=NCc1nc(-c2ccccc2)cs1)Nc1ccccc1OC(F)(F)F. The summed E-state index contributed by atoms with van der Waals surface area (Å²) >= 11 is 1.43. The number of hydrogen-bond acceptors (Lipinski definition) is 4. The third-order valence-corrected chi connectivity index (χ3v) is 4.22. The van der Waals surface area contributed by atoms with Crippen LogP contribution in [0.1, 0.15) is 5.01 Å². The van der Waals surface area contributed by atoms with E-state index in [0.29, 0.717) is 0 Å². The van der Waals surface area contributed by atoms with Crippen LogP contribution in [-0.4, -0.2) is 17.3 Å². The number of nitrogens with two attached hydrogens (primary N) is 1. The van der Waals surface area contributed by atoms with Gasteiger partial charge in [-0.15, -0.1) is 48.5 Å². The summed E-state index contributed by atoms with van der Waals surface area (Å²) < 4.78 is 41.3. The molecule has 0 spiro atoms. The predicted molar refractivity (Wildman–Crippen MR) is 115 cm³/mol. The number of alkyl halides is 3. The summed E-state index contributed by atoms with van der Waals surface area (Å²) in [6, 6.07) is 15.3. The lowest BCUT2D eigenvalue weighted by atomic mass is 10.2. The number of guanidine groups is 1. The van der Waals surface area contributed by atoms with Crippen molar-refractivity contribution in [3.8, 4) is 17.0 Å². The van der Waals surface area contributed by atoms with E-state index in [-0.39, 0.29) is 47.9 Å². The van der Waals surface area contributed by atoms with Crippen molar-refractivity contribution in [3.05, 3.63) is 65.0 Å². The Morgan fingerprint density at radius 1 is 1.11 bits per heavy atom. The zero-order valence-corrected chi connectivity index (χ0v) is 17.5. The lowest BCUT2D eigenvalue weighted by Gasteiger charge is -2.13. The molecule has 3 N–H and O–H groups in total. The summed E-state index contributed by atoms with van der Waals surface area (Å²) in [6.07, 6.45) is -4.79. The molecule has 0 amide bonds. The molecule has 3 aromatic rings. The molecule has 0 aliphatic carbocycles. The van der Waals surface area contributed by atoms with Crippen molar-refractivity contribution in [3.63, 3.8) is 0 Å². The van der Waals surface area contributed by atoms with E-state index in [0.717, 1.165) is 16.3 Å². The summed E-state index contributed by atoms with van der Waals surface area (Å²) in [4.78, 5) is 8.61. The second-order valence-corrected chi connectivity index (χ2v) is 6.31. The van der Waals surface area contributed by atoms with Gasteiger partial charge in [-0.25, -0.2) is 9.98 Å². The van der Waals surface area contributed by atoms with Crippen molar-refractivity contribution < 1.29 is 17.9 Å². The van der Waals surface area contributed by atoms with Gasteiger partial charge in [0, 0.05) is 10.9 Å². The number of para-hydroxylation sites is 2. The maximum Gasteiger partial charge on any atom is 0.573 e. The van der Waals surface area contributed by atoms with Crippen LogP contribution >= 0.6 is 35.3 Å². The van der Waals surface area contributed by atoms with E-state index in [1.54, 1.807) is 6.07 Å². The number of aliphatic imine (C=N–C) groups is 1. The normalized spacial score (nSPS) is 11.6. The van der Waals surface area contributed by atoms with Gasteiger partial charge in [0.05, 0.1) is 17.9 Å². The third-order valence-electron chi connectivity index (χ3n) is 3.38. The van der Waals surface area contributed by atoms with Crippen molar-refractivity contribution in [1.29, 1.82) is 0 Å². The van der Waals surface area contributed by atoms with Crippen LogP contribution in [0.3, 0.4) is 0 Å². The minimum atomic E-state index is -4.79. The highest BCUT2D eigenvalue weighted by atomic mass is 127. The molecule has 148 valence electrons. The minimum absolute atomic E-state index is 0. The highest BCUT2D eigenvalue weighted by Gasteiger charge is 2.32. The molecule has 0 radical (unpaired) electrons. The predicted octanol–water partition coefficient (Wildman–Crippen LogP) is 5.25. The third kappa shape index (κ3) is 6.37. The summed E-state index contributed by atoms with van der Waals surface area (Å²) in [5, 5.41) is 5.27. The van der Waals surface area contributed by atoms with Gasteiger partial charge in [0.1, 0.15) is 5.01 Å². The maximum absolute atomic E-state index is 12.5. The second kappa shape index (κ2) is 9.73. The van der Waals surface area contributed by atoms with E-state index in [1.165, 1.54) is 29.5 Å². The molecule has 0 aliphatic heterocycles. The van der Waals surface area contributed by atoms with Gasteiger partial charge in [-0.05, 0) is 12.1 Å². The molecule has 0 saturated heterocycles. The summed E-state index contributed by atoms with van der Waals surface area (Å²) in [7, 11) is 0. The maximum atomic E-state index is 12.5. The lowest BCUT2D eigenvalue weighted by Crippen LogP contribution is -2.24. The smallest absolute Gasteiger partial charge is 0.404 e. The van der Waals surface area contributed by atoms with Crippen molar-refractivity contribution in [1.82, 2.24) is 4.98 Å².